The van der Waals surface area contributed by atoms with Crippen LogP contribution in [-0.2, 0) is 16.6 Å². The summed E-state index contributed by atoms with van der Waals surface area (Å²) in [7, 11) is -0.242. The fourth-order valence-electron chi connectivity index (χ4n) is 3.45. The summed E-state index contributed by atoms with van der Waals surface area (Å²) in [4.78, 5) is 8.49. The molecule has 2 aromatic rings. The third kappa shape index (κ3) is 5.79. The lowest BCUT2D eigenvalue weighted by Gasteiger charge is -2.27. The molecule has 29 heavy (non-hydrogen) atoms. The fraction of sp³-hybridized carbons (Fsp3) is 0.450. The molecule has 0 saturated carbocycles. The molecule has 0 amide bonds. The first-order valence-corrected chi connectivity index (χ1v) is 12.1. The lowest BCUT2D eigenvalue weighted by atomic mass is 10.2. The minimum atomic E-state index is -3.41. The van der Waals surface area contributed by atoms with Crippen LogP contribution in [0.5, 0.6) is 0 Å². The summed E-state index contributed by atoms with van der Waals surface area (Å²) in [5.41, 5.74) is 0.984. The number of hydrogen-bond donors (Lipinski definition) is 3. The van der Waals surface area contributed by atoms with Crippen molar-refractivity contribution >= 4 is 27.3 Å². The van der Waals surface area contributed by atoms with Crippen LogP contribution >= 0.6 is 11.3 Å². The van der Waals surface area contributed by atoms with E-state index < -0.39 is 10.0 Å². The van der Waals surface area contributed by atoms with Gasteiger partial charge in [-0.2, -0.15) is 0 Å². The van der Waals surface area contributed by atoms with Crippen molar-refractivity contribution in [2.45, 2.75) is 30.3 Å². The van der Waals surface area contributed by atoms with Gasteiger partial charge in [-0.05, 0) is 62.1 Å². The van der Waals surface area contributed by atoms with Crippen molar-refractivity contribution in [3.63, 3.8) is 0 Å². The van der Waals surface area contributed by atoms with E-state index in [0.29, 0.717) is 12.6 Å². The van der Waals surface area contributed by atoms with Gasteiger partial charge in [-0.25, -0.2) is 13.1 Å². The van der Waals surface area contributed by atoms with E-state index in [9.17, 15) is 8.42 Å². The van der Waals surface area contributed by atoms with E-state index in [2.05, 4.69) is 42.8 Å². The Labute approximate surface area is 177 Å². The molecule has 3 N–H and O–H groups in total. The summed E-state index contributed by atoms with van der Waals surface area (Å²) >= 11 is 1.80. The topological polar surface area (TPSA) is 85.8 Å². The highest BCUT2D eigenvalue weighted by Crippen LogP contribution is 2.27. The summed E-state index contributed by atoms with van der Waals surface area (Å²) in [6.07, 6.45) is 2.52. The van der Waals surface area contributed by atoms with Crippen molar-refractivity contribution in [3.8, 4) is 0 Å². The van der Waals surface area contributed by atoms with Gasteiger partial charge in [0.2, 0.25) is 10.0 Å². The molecule has 1 fully saturated rings. The molecular weight excluding hydrogens is 406 g/mol. The predicted octanol–water partition coefficient (Wildman–Crippen LogP) is 2.16. The van der Waals surface area contributed by atoms with Crippen LogP contribution in [0.2, 0.25) is 0 Å². The van der Waals surface area contributed by atoms with Crippen molar-refractivity contribution < 1.29 is 8.42 Å². The first kappa shape index (κ1) is 21.8. The second kappa shape index (κ2) is 10.2. The number of sulfonamides is 1. The fourth-order valence-corrected chi connectivity index (χ4v) is 5.04. The minimum absolute atomic E-state index is 0.260. The molecule has 1 aliphatic rings. The summed E-state index contributed by atoms with van der Waals surface area (Å²) in [6, 6.07) is 11.5. The zero-order chi connectivity index (χ0) is 20.7. The number of benzene rings is 1. The molecule has 3 rings (SSSR count). The Balaban J connectivity index is 1.56. The minimum Gasteiger partial charge on any atom is -0.354 e. The molecule has 1 atom stereocenters. The zero-order valence-electron chi connectivity index (χ0n) is 16.9. The predicted molar refractivity (Wildman–Crippen MR) is 119 cm³/mol. The molecule has 158 valence electrons. The van der Waals surface area contributed by atoms with Crippen molar-refractivity contribution in [2.24, 2.45) is 4.99 Å². The summed E-state index contributed by atoms with van der Waals surface area (Å²) in [5, 5.41) is 8.88. The van der Waals surface area contributed by atoms with E-state index in [0.717, 1.165) is 31.2 Å². The largest absolute Gasteiger partial charge is 0.354 e. The summed E-state index contributed by atoms with van der Waals surface area (Å²) in [5.74, 6) is 0.734. The van der Waals surface area contributed by atoms with E-state index >= 15 is 0 Å². The summed E-state index contributed by atoms with van der Waals surface area (Å²) in [6.45, 7) is 3.63. The zero-order valence-corrected chi connectivity index (χ0v) is 18.5. The van der Waals surface area contributed by atoms with E-state index in [-0.39, 0.29) is 4.90 Å². The van der Waals surface area contributed by atoms with Gasteiger partial charge < -0.3 is 10.6 Å². The molecule has 1 unspecified atom stereocenters. The Morgan fingerprint density at radius 3 is 2.48 bits per heavy atom. The average molecular weight is 436 g/mol. The Bertz CT molecular complexity index is 889. The van der Waals surface area contributed by atoms with Gasteiger partial charge in [0.1, 0.15) is 0 Å². The molecule has 7 nitrogen and oxygen atoms in total. The van der Waals surface area contributed by atoms with Crippen LogP contribution in [0, 0.1) is 0 Å². The second-order valence-corrected chi connectivity index (χ2v) is 9.80. The number of nitrogens with zero attached hydrogens (tertiary/aromatic N) is 2. The van der Waals surface area contributed by atoms with Crippen LogP contribution in [0.25, 0.3) is 0 Å². The maximum atomic E-state index is 11.8. The standard InChI is InChI=1S/C20H29N5O2S2/c1-21-20(23-14-16-7-9-17(10-8-16)29(26,27)22-2)24-15-18(19-6-5-13-28-19)25-11-3-4-12-25/h5-10,13,18,22H,3-4,11-12,14-15H2,1-2H3,(H2,21,23,24). The van der Waals surface area contributed by atoms with Crippen LogP contribution in [0.15, 0.2) is 51.7 Å². The van der Waals surface area contributed by atoms with Gasteiger partial charge in [0.05, 0.1) is 10.9 Å². The SMILES string of the molecule is CN=C(NCc1ccc(S(=O)(=O)NC)cc1)NCC(c1cccs1)N1CCCC1. The monoisotopic (exact) mass is 435 g/mol. The van der Waals surface area contributed by atoms with E-state index in [1.807, 2.05) is 12.1 Å². The first-order chi connectivity index (χ1) is 14.0. The molecule has 0 aliphatic carbocycles. The van der Waals surface area contributed by atoms with Crippen molar-refractivity contribution in [1.82, 2.24) is 20.3 Å². The molecule has 0 radical (unpaired) electrons. The lowest BCUT2D eigenvalue weighted by molar-refractivity contribution is 0.249. The Hall–Kier alpha value is -1.94. The molecule has 0 bridgehead atoms. The van der Waals surface area contributed by atoms with Gasteiger partial charge in [0, 0.05) is 25.0 Å². The normalized spacial score (nSPS) is 16.7. The van der Waals surface area contributed by atoms with Crippen molar-refractivity contribution in [1.29, 1.82) is 0 Å². The molecule has 1 aromatic heterocycles. The molecular formula is C20H29N5O2S2. The van der Waals surface area contributed by atoms with Crippen molar-refractivity contribution in [3.05, 3.63) is 52.2 Å². The molecule has 2 heterocycles. The number of thiophene rings is 1. The molecule has 1 aliphatic heterocycles. The smallest absolute Gasteiger partial charge is 0.240 e. The number of nitrogens with one attached hydrogen (secondary N) is 3. The van der Waals surface area contributed by atoms with Gasteiger partial charge in [-0.15, -0.1) is 11.3 Å². The van der Waals surface area contributed by atoms with Gasteiger partial charge in [0.25, 0.3) is 0 Å². The molecule has 9 heteroatoms. The highest BCUT2D eigenvalue weighted by atomic mass is 32.2. The van der Waals surface area contributed by atoms with E-state index in [1.165, 1.54) is 24.8 Å². The number of rotatable bonds is 8. The van der Waals surface area contributed by atoms with Crippen LogP contribution in [0.1, 0.15) is 29.3 Å². The van der Waals surface area contributed by atoms with Gasteiger partial charge >= 0.3 is 0 Å². The van der Waals surface area contributed by atoms with E-state index in [1.54, 1.807) is 30.5 Å². The van der Waals surface area contributed by atoms with Crippen LogP contribution < -0.4 is 15.4 Å². The van der Waals surface area contributed by atoms with Gasteiger partial charge in [-0.1, -0.05) is 18.2 Å². The number of guanidine groups is 1. The van der Waals surface area contributed by atoms with Crippen LogP contribution in [0.3, 0.4) is 0 Å². The van der Waals surface area contributed by atoms with E-state index in [4.69, 9.17) is 0 Å². The highest BCUT2D eigenvalue weighted by molar-refractivity contribution is 7.89. The Kier molecular flexibility index (Phi) is 7.65. The Morgan fingerprint density at radius 2 is 1.90 bits per heavy atom. The highest BCUT2D eigenvalue weighted by Gasteiger charge is 2.24. The number of hydrogen-bond acceptors (Lipinski definition) is 5. The van der Waals surface area contributed by atoms with Crippen LogP contribution in [-0.4, -0.2) is 53.0 Å². The number of aliphatic imine (C=N–C) groups is 1. The molecule has 1 aromatic carbocycles. The molecule has 1 saturated heterocycles. The number of likely N-dealkylation sites (tertiary alicyclic amines) is 1. The Morgan fingerprint density at radius 1 is 1.17 bits per heavy atom. The molecule has 0 spiro atoms. The first-order valence-electron chi connectivity index (χ1n) is 9.78. The third-order valence-corrected chi connectivity index (χ3v) is 7.51. The van der Waals surface area contributed by atoms with Gasteiger partial charge in [-0.3, -0.25) is 9.89 Å². The van der Waals surface area contributed by atoms with Crippen LogP contribution in [0.4, 0.5) is 0 Å². The van der Waals surface area contributed by atoms with Gasteiger partial charge in [0.15, 0.2) is 5.96 Å². The maximum Gasteiger partial charge on any atom is 0.240 e. The quantitative estimate of drug-likeness (QED) is 0.437. The lowest BCUT2D eigenvalue weighted by Crippen LogP contribution is -2.42. The van der Waals surface area contributed by atoms with Crippen molar-refractivity contribution in [2.75, 3.05) is 33.7 Å². The maximum absolute atomic E-state index is 11.8. The average Bonchev–Trinajstić information content (AvgIpc) is 3.45. The summed E-state index contributed by atoms with van der Waals surface area (Å²) < 4.78 is 26.0. The second-order valence-electron chi connectivity index (χ2n) is 6.93. The third-order valence-electron chi connectivity index (χ3n) is 5.10.